The number of nitrogens with zero attached hydrogens (tertiary/aromatic N) is 2. The third-order valence-electron chi connectivity index (χ3n) is 4.66. The lowest BCUT2D eigenvalue weighted by atomic mass is 10.2. The zero-order valence-electron chi connectivity index (χ0n) is 13.9. The maximum absolute atomic E-state index is 13.1. The van der Waals surface area contributed by atoms with E-state index >= 15 is 0 Å². The molecule has 0 unspecified atom stereocenters. The molecule has 7 heteroatoms. The third-order valence-corrected chi connectivity index (χ3v) is 6.97. The van der Waals surface area contributed by atoms with Crippen LogP contribution in [0.3, 0.4) is 0 Å². The number of para-hydroxylation sites is 1. The number of carbonyl (C=O) groups excluding carboxylic acids is 1. The number of rotatable bonds is 2. The van der Waals surface area contributed by atoms with Gasteiger partial charge in [-0.05, 0) is 49.2 Å². The van der Waals surface area contributed by atoms with Crippen LogP contribution >= 0.6 is 15.9 Å². The van der Waals surface area contributed by atoms with Crippen molar-refractivity contribution in [3.8, 4) is 0 Å². The van der Waals surface area contributed by atoms with Crippen molar-refractivity contribution in [3.63, 3.8) is 0 Å². The molecule has 0 saturated carbocycles. The van der Waals surface area contributed by atoms with Crippen LogP contribution in [0.15, 0.2) is 69.0 Å². The molecular weight excluding hydrogens is 416 g/mol. The highest BCUT2D eigenvalue weighted by Gasteiger charge is 2.38. The minimum atomic E-state index is -3.85. The number of benzene rings is 2. The number of hydrogen-bond donors (Lipinski definition) is 0. The molecule has 2 aliphatic rings. The zero-order chi connectivity index (χ0) is 18.3. The number of anilines is 2. The fraction of sp³-hybridized carbons (Fsp3) is 0.211. The first kappa shape index (κ1) is 17.3. The lowest BCUT2D eigenvalue weighted by molar-refractivity contribution is -0.125. The Kier molecular flexibility index (Phi) is 4.36. The van der Waals surface area contributed by atoms with Crippen molar-refractivity contribution in [2.45, 2.75) is 17.7 Å². The molecule has 134 valence electrons. The average molecular weight is 433 g/mol. The van der Waals surface area contributed by atoms with E-state index in [0.717, 1.165) is 23.0 Å². The van der Waals surface area contributed by atoms with Crippen LogP contribution in [0, 0.1) is 0 Å². The molecule has 2 aromatic carbocycles. The van der Waals surface area contributed by atoms with Gasteiger partial charge in [0.2, 0.25) is 9.84 Å². The van der Waals surface area contributed by atoms with E-state index in [4.69, 9.17) is 0 Å². The van der Waals surface area contributed by atoms with Crippen molar-refractivity contribution in [1.82, 2.24) is 4.90 Å². The summed E-state index contributed by atoms with van der Waals surface area (Å²) in [6.07, 6.45) is 3.28. The van der Waals surface area contributed by atoms with Gasteiger partial charge in [-0.3, -0.25) is 4.79 Å². The zero-order valence-corrected chi connectivity index (χ0v) is 16.3. The van der Waals surface area contributed by atoms with E-state index in [0.29, 0.717) is 18.8 Å². The molecule has 0 aromatic heterocycles. The summed E-state index contributed by atoms with van der Waals surface area (Å²) in [4.78, 5) is 16.3. The first-order valence-corrected chi connectivity index (χ1v) is 10.7. The predicted molar refractivity (Wildman–Crippen MR) is 104 cm³/mol. The van der Waals surface area contributed by atoms with Gasteiger partial charge in [-0.2, -0.15) is 0 Å². The molecule has 0 atom stereocenters. The summed E-state index contributed by atoms with van der Waals surface area (Å²) >= 11 is 3.41. The largest absolute Gasteiger partial charge is 0.338 e. The second-order valence-corrected chi connectivity index (χ2v) is 9.11. The predicted octanol–water partition coefficient (Wildman–Crippen LogP) is 3.84. The quantitative estimate of drug-likeness (QED) is 0.723. The van der Waals surface area contributed by atoms with Crippen LogP contribution < -0.4 is 4.90 Å². The minimum Gasteiger partial charge on any atom is -0.338 e. The summed E-state index contributed by atoms with van der Waals surface area (Å²) < 4.78 is 27.1. The maximum atomic E-state index is 13.1. The van der Waals surface area contributed by atoms with E-state index in [1.165, 1.54) is 6.20 Å². The molecule has 0 bridgehead atoms. The highest BCUT2D eigenvalue weighted by Crippen LogP contribution is 2.40. The van der Waals surface area contributed by atoms with Crippen molar-refractivity contribution >= 4 is 43.0 Å². The van der Waals surface area contributed by atoms with Crippen molar-refractivity contribution < 1.29 is 13.2 Å². The van der Waals surface area contributed by atoms with Gasteiger partial charge in [0, 0.05) is 29.4 Å². The topological polar surface area (TPSA) is 57.7 Å². The number of amides is 1. The van der Waals surface area contributed by atoms with Crippen LogP contribution in [0.5, 0.6) is 0 Å². The molecule has 2 aromatic rings. The Labute approximate surface area is 161 Å². The molecule has 4 rings (SSSR count). The summed E-state index contributed by atoms with van der Waals surface area (Å²) in [5.41, 5.74) is 1.34. The van der Waals surface area contributed by atoms with Gasteiger partial charge in [-0.25, -0.2) is 8.42 Å². The first-order valence-electron chi connectivity index (χ1n) is 8.38. The summed E-state index contributed by atoms with van der Waals surface area (Å²) in [6.45, 7) is 1.21. The van der Waals surface area contributed by atoms with Crippen molar-refractivity contribution in [3.05, 3.63) is 64.1 Å². The Morgan fingerprint density at radius 2 is 1.62 bits per heavy atom. The van der Waals surface area contributed by atoms with E-state index in [1.807, 2.05) is 24.3 Å². The SMILES string of the molecule is O=C(C1=CN(c2ccc(Br)cc2)c2ccccc2S1(=O)=O)N1CCCC1. The number of fused-ring (bicyclic) bond motifs is 1. The summed E-state index contributed by atoms with van der Waals surface area (Å²) in [7, 11) is -3.85. The van der Waals surface area contributed by atoms with Gasteiger partial charge in [-0.15, -0.1) is 0 Å². The van der Waals surface area contributed by atoms with Gasteiger partial charge in [0.1, 0.15) is 0 Å². The van der Waals surface area contributed by atoms with Crippen LogP contribution in [0.1, 0.15) is 12.8 Å². The minimum absolute atomic E-state index is 0.160. The standard InChI is InChI=1S/C19H17BrN2O3S/c20-14-7-9-15(10-8-14)22-13-18(19(23)21-11-3-4-12-21)26(24,25)17-6-2-1-5-16(17)22/h1-2,5-10,13H,3-4,11-12H2. The van der Waals surface area contributed by atoms with Crippen LogP contribution in [0.2, 0.25) is 0 Å². The Morgan fingerprint density at radius 3 is 2.31 bits per heavy atom. The van der Waals surface area contributed by atoms with Gasteiger partial charge in [0.05, 0.1) is 10.6 Å². The second-order valence-electron chi connectivity index (χ2n) is 6.31. The molecule has 1 amide bonds. The smallest absolute Gasteiger partial charge is 0.267 e. The Balaban J connectivity index is 1.87. The first-order chi connectivity index (χ1) is 12.5. The molecule has 0 N–H and O–H groups in total. The molecule has 2 heterocycles. The van der Waals surface area contributed by atoms with Crippen molar-refractivity contribution in [2.24, 2.45) is 0 Å². The van der Waals surface area contributed by atoms with E-state index in [1.54, 1.807) is 34.1 Å². The number of carbonyl (C=O) groups is 1. The lowest BCUT2D eigenvalue weighted by Crippen LogP contribution is -2.35. The van der Waals surface area contributed by atoms with Crippen LogP contribution in [-0.2, 0) is 14.6 Å². The van der Waals surface area contributed by atoms with Crippen molar-refractivity contribution in [1.29, 1.82) is 0 Å². The normalized spacial score (nSPS) is 18.4. The van der Waals surface area contributed by atoms with E-state index in [-0.39, 0.29) is 9.80 Å². The van der Waals surface area contributed by atoms with E-state index in [2.05, 4.69) is 15.9 Å². The third kappa shape index (κ3) is 2.85. The molecule has 2 aliphatic heterocycles. The summed E-state index contributed by atoms with van der Waals surface area (Å²) in [5, 5.41) is 0. The number of halogens is 1. The fourth-order valence-corrected chi connectivity index (χ4v) is 5.12. The van der Waals surface area contributed by atoms with E-state index < -0.39 is 15.7 Å². The average Bonchev–Trinajstić information content (AvgIpc) is 3.17. The summed E-state index contributed by atoms with van der Waals surface area (Å²) in [6, 6.07) is 14.3. The fourth-order valence-electron chi connectivity index (χ4n) is 3.32. The van der Waals surface area contributed by atoms with Gasteiger partial charge < -0.3 is 9.80 Å². The van der Waals surface area contributed by atoms with Crippen LogP contribution in [0.25, 0.3) is 0 Å². The number of sulfone groups is 1. The monoisotopic (exact) mass is 432 g/mol. The van der Waals surface area contributed by atoms with Gasteiger partial charge in [-0.1, -0.05) is 28.1 Å². The van der Waals surface area contributed by atoms with Gasteiger partial charge in [0.15, 0.2) is 4.91 Å². The van der Waals surface area contributed by atoms with E-state index in [9.17, 15) is 13.2 Å². The Morgan fingerprint density at radius 1 is 0.962 bits per heavy atom. The molecule has 0 spiro atoms. The number of likely N-dealkylation sites (tertiary alicyclic amines) is 1. The summed E-state index contributed by atoms with van der Waals surface area (Å²) in [5.74, 6) is -0.417. The molecule has 0 radical (unpaired) electrons. The number of hydrogen-bond acceptors (Lipinski definition) is 4. The molecule has 1 saturated heterocycles. The van der Waals surface area contributed by atoms with Crippen LogP contribution in [-0.4, -0.2) is 32.3 Å². The van der Waals surface area contributed by atoms with Gasteiger partial charge in [0.25, 0.3) is 5.91 Å². The highest BCUT2D eigenvalue weighted by molar-refractivity contribution is 9.10. The molecular formula is C19H17BrN2O3S. The van der Waals surface area contributed by atoms with Crippen molar-refractivity contribution in [2.75, 3.05) is 18.0 Å². The van der Waals surface area contributed by atoms with Gasteiger partial charge >= 0.3 is 0 Å². The highest BCUT2D eigenvalue weighted by atomic mass is 79.9. The molecule has 0 aliphatic carbocycles. The molecule has 5 nitrogen and oxygen atoms in total. The molecule has 1 fully saturated rings. The molecule has 26 heavy (non-hydrogen) atoms. The maximum Gasteiger partial charge on any atom is 0.267 e. The lowest BCUT2D eigenvalue weighted by Gasteiger charge is -2.30. The Hall–Kier alpha value is -2.12. The Bertz CT molecular complexity index is 994. The second kappa shape index (κ2) is 6.55. The van der Waals surface area contributed by atoms with Crippen LogP contribution in [0.4, 0.5) is 11.4 Å².